The molecule has 0 amide bonds. The van der Waals surface area contributed by atoms with Crippen molar-refractivity contribution < 1.29 is 44.5 Å². The van der Waals surface area contributed by atoms with E-state index in [4.69, 9.17) is 73.1 Å². The van der Waals surface area contributed by atoms with E-state index in [0.717, 1.165) is 113 Å². The van der Waals surface area contributed by atoms with Gasteiger partial charge in [-0.3, -0.25) is 0 Å². The molecule has 0 fully saturated rings. The zero-order valence-electron chi connectivity index (χ0n) is 32.4. The first kappa shape index (κ1) is 76.9. The van der Waals surface area contributed by atoms with E-state index < -0.39 is 0 Å². The Morgan fingerprint density at radius 3 is 0.587 bits per heavy atom. The number of hydrogen-bond acceptors (Lipinski definition) is 14. The molecule has 0 bridgehead atoms. The predicted octanol–water partition coefficient (Wildman–Crippen LogP) is -9.54. The van der Waals surface area contributed by atoms with Crippen molar-refractivity contribution in [2.45, 2.75) is 39.5 Å². The van der Waals surface area contributed by atoms with E-state index in [2.05, 4.69) is 0 Å². The lowest BCUT2D eigenvalue weighted by Crippen LogP contribution is -2.68. The van der Waals surface area contributed by atoms with Gasteiger partial charge in [-0.05, 0) is 136 Å². The number of ether oxygens (including phenoxy) is 4. The fourth-order valence-corrected chi connectivity index (χ4v) is 1.00. The Balaban J connectivity index is -0.0000000339. The number of aliphatic hydroxyl groups is 5. The summed E-state index contributed by atoms with van der Waals surface area (Å²) in [6.07, 6.45) is 4.36. The minimum atomic E-state index is -0.118. The van der Waals surface area contributed by atoms with Crippen LogP contribution in [0.2, 0.25) is 0 Å². The van der Waals surface area contributed by atoms with Crippen molar-refractivity contribution in [1.82, 2.24) is 0 Å². The van der Waals surface area contributed by atoms with E-state index in [-0.39, 0.29) is 26.3 Å². The fourth-order valence-electron chi connectivity index (χ4n) is 1.00. The van der Waals surface area contributed by atoms with Crippen LogP contribution in [0.3, 0.4) is 0 Å². The molecule has 0 atom stereocenters. The maximum absolute atomic E-state index is 7.99. The summed E-state index contributed by atoms with van der Waals surface area (Å²) in [5.41, 5.74) is 25.5. The molecule has 15 N–H and O–H groups in total. The molecule has 0 unspecified atom stereocenters. The van der Waals surface area contributed by atoms with Gasteiger partial charge >= 0.3 is 0 Å². The Morgan fingerprint density at radius 1 is 0.413 bits per heavy atom. The second-order valence-corrected chi connectivity index (χ2v) is 127. The van der Waals surface area contributed by atoms with E-state index in [1.807, 2.05) is 0 Å². The van der Waals surface area contributed by atoms with Gasteiger partial charge in [0.1, 0.15) is 0 Å². The summed E-state index contributed by atoms with van der Waals surface area (Å²) in [6.45, 7) is 6.89. The highest BCUT2D eigenvalue weighted by atomic mass is 30.4. The predicted molar refractivity (Wildman–Crippen MR) is 233 cm³/mol. The lowest BCUT2D eigenvalue weighted by Gasteiger charge is -2.31. The molecule has 0 aliphatic heterocycles. The molecule has 0 aliphatic rings. The molecule has 0 aliphatic carbocycles. The van der Waals surface area contributed by atoms with E-state index in [0.29, 0.717) is 6.54 Å². The van der Waals surface area contributed by atoms with Crippen LogP contribution in [0.4, 0.5) is 0 Å². The maximum atomic E-state index is 7.99. The molecule has 14 nitrogen and oxygen atoms in total. The molecule has 0 saturated carbocycles. The molecular weight excluding hydrogens is 727 g/mol. The summed E-state index contributed by atoms with van der Waals surface area (Å²) in [6, 6.07) is 0. The van der Waals surface area contributed by atoms with Crippen LogP contribution in [0.5, 0.6) is 0 Å². The first-order valence-electron chi connectivity index (χ1n) is 15.2. The monoisotopic (exact) mass is 817 g/mol. The molecule has 0 aromatic rings. The van der Waals surface area contributed by atoms with Gasteiger partial charge in [-0.25, -0.2) is 0 Å². The number of hydrogen-bond donors (Lipinski definition) is 10. The third-order valence-electron chi connectivity index (χ3n) is 4.82. The summed E-state index contributed by atoms with van der Waals surface area (Å²) in [5.74, 6) is 0. The molecule has 298 valence electrons. The van der Waals surface area contributed by atoms with Crippen molar-refractivity contribution in [3.8, 4) is 0 Å². The number of aliphatic hydroxyl groups excluding tert-OH is 5. The third-order valence-corrected chi connectivity index (χ3v) is 185. The smallest absolute Gasteiger partial charge is 0.0474 e. The highest BCUT2D eigenvalue weighted by Gasteiger charge is 2.30. The molecule has 46 heavy (non-hydrogen) atoms. The van der Waals surface area contributed by atoms with Gasteiger partial charge in [-0.15, -0.1) is 0 Å². The topological polar surface area (TPSA) is 268 Å². The summed E-state index contributed by atoms with van der Waals surface area (Å²) in [5, 5.41) is 36.0. The van der Waals surface area contributed by atoms with Crippen LogP contribution in [0.15, 0.2) is 0 Å². The second kappa shape index (κ2) is 91.0. The van der Waals surface area contributed by atoms with Crippen LogP contribution in [-0.2, 0) is 18.9 Å². The quantitative estimate of drug-likeness (QED) is 0.0544. The zero-order valence-corrected chi connectivity index (χ0v) is 46.4. The molecule has 0 radical (unpaired) electrons. The van der Waals surface area contributed by atoms with Crippen molar-refractivity contribution in [3.05, 3.63) is 0 Å². The fraction of sp³-hybridized carbons (Fsp3) is 1.00. The highest BCUT2D eigenvalue weighted by molar-refractivity contribution is 8.06. The van der Waals surface area contributed by atoms with Crippen LogP contribution in [-0.4, -0.2) is 219 Å². The van der Waals surface area contributed by atoms with E-state index in [1.54, 1.807) is 87.0 Å². The summed E-state index contributed by atoms with van der Waals surface area (Å²) in [7, 11) is 21.0. The van der Waals surface area contributed by atoms with E-state index >= 15 is 0 Å². The Morgan fingerprint density at radius 2 is 0.565 bits per heavy atom. The molecule has 22 heteroatoms. The highest BCUT2D eigenvalue weighted by Crippen LogP contribution is 1.93. The second-order valence-electron chi connectivity index (χ2n) is 9.91. The number of nitrogens with two attached hydrogens (primary N) is 5. The molecule has 0 aromatic carbocycles. The molecule has 0 spiro atoms. The normalized spacial score (nSPS) is 11.1. The lowest BCUT2D eigenvalue weighted by molar-refractivity contribution is 0.197. The van der Waals surface area contributed by atoms with Gasteiger partial charge in [0.2, 0.25) is 0 Å². The molecule has 0 heterocycles. The minimum Gasteiger partial charge on any atom is -0.400 e. The zero-order chi connectivity index (χ0) is 38.4. The van der Waals surface area contributed by atoms with Crippen molar-refractivity contribution in [2.24, 2.45) is 28.7 Å². The van der Waals surface area contributed by atoms with Crippen molar-refractivity contribution in [1.29, 1.82) is 0 Å². The van der Waals surface area contributed by atoms with Crippen molar-refractivity contribution in [3.63, 3.8) is 0 Å². The first-order valence-corrected chi connectivity index (χ1v) is 41.2. The van der Waals surface area contributed by atoms with Gasteiger partial charge in [0.05, 0.1) is 0 Å². The van der Waals surface area contributed by atoms with Crippen LogP contribution in [0.1, 0.15) is 39.5 Å². The molecular formula is C24H91N5O9Si8. The Bertz CT molecular complexity index is 306. The Labute approximate surface area is 305 Å². The van der Waals surface area contributed by atoms with E-state index in [9.17, 15) is 0 Å². The first-order chi connectivity index (χ1) is 21.3. The van der Waals surface area contributed by atoms with Gasteiger partial charge < -0.3 is 73.1 Å². The number of rotatable bonds is 15. The average molecular weight is 819 g/mol. The lowest BCUT2D eigenvalue weighted by atomic mass is 10.5. The molecule has 0 rings (SSSR count). The average Bonchev–Trinajstić information content (AvgIpc) is 3.05. The van der Waals surface area contributed by atoms with Crippen LogP contribution < -0.4 is 28.7 Å². The number of methoxy groups -OCH3 is 4. The standard InChI is InChI=1S/4C4H11NO.C3H9NO.4CH4O.CH4.H18Si8/c4*1-6-4-2-3-5;4-2-1-3-5;4*1-2;;1-7(2,3)8(4,5)6/h4*2-5H2,1H3;5H,1-4H2;4*2H,1H3;1H4;1-6H3. The summed E-state index contributed by atoms with van der Waals surface area (Å²) < 4.78 is 18.8. The maximum Gasteiger partial charge on any atom is 0.0474 e. The Kier molecular flexibility index (Phi) is 152. The van der Waals surface area contributed by atoms with Crippen LogP contribution >= 0.6 is 0 Å². The SMILES string of the molecule is C.CO.CO.CO.CO.COCCCN.COCCCN.COCCCN.COCCCN.NCCCO.[SiH3][Si]([SiH3])([SiH3])[Si]([SiH3])([SiH3])[SiH3]. The van der Waals surface area contributed by atoms with E-state index in [1.165, 1.54) is 0 Å². The van der Waals surface area contributed by atoms with Crippen molar-refractivity contribution >= 4 is 70.8 Å². The van der Waals surface area contributed by atoms with Gasteiger partial charge in [0.15, 0.2) is 0 Å². The third kappa shape index (κ3) is 151. The molecule has 0 aromatic heterocycles. The van der Waals surface area contributed by atoms with Crippen LogP contribution in [0.25, 0.3) is 0 Å². The van der Waals surface area contributed by atoms with Gasteiger partial charge in [-0.1, -0.05) is 7.43 Å². The summed E-state index contributed by atoms with van der Waals surface area (Å²) >= 11 is 0. The van der Waals surface area contributed by atoms with Gasteiger partial charge in [-0.2, -0.15) is 0 Å². The van der Waals surface area contributed by atoms with Gasteiger partial charge in [0.25, 0.3) is 0 Å². The minimum absolute atomic E-state index is 0. The van der Waals surface area contributed by atoms with Crippen molar-refractivity contribution in [2.75, 3.05) is 123 Å². The largest absolute Gasteiger partial charge is 0.400 e. The Hall–Kier alpha value is 1.18. The van der Waals surface area contributed by atoms with Crippen LogP contribution in [0, 0.1) is 0 Å². The summed E-state index contributed by atoms with van der Waals surface area (Å²) in [4.78, 5) is 0. The van der Waals surface area contributed by atoms with Gasteiger partial charge in [0, 0.05) is 89.9 Å². The molecule has 0 saturated heterocycles.